The van der Waals surface area contributed by atoms with Gasteiger partial charge in [-0.25, -0.2) is 9.78 Å². The van der Waals surface area contributed by atoms with E-state index in [4.69, 9.17) is 21.4 Å². The molecule has 1 rings (SSSR count). The maximum atomic E-state index is 11.1. The minimum absolute atomic E-state index is 0.120. The molecule has 1 aromatic rings. The Morgan fingerprint density at radius 1 is 1.58 bits per heavy atom. The zero-order valence-electron chi connectivity index (χ0n) is 11.4. The van der Waals surface area contributed by atoms with Gasteiger partial charge in [-0.2, -0.15) is 0 Å². The molecule has 0 amide bonds. The minimum atomic E-state index is -1.12. The van der Waals surface area contributed by atoms with E-state index >= 15 is 0 Å². The normalized spacial score (nSPS) is 12.2. The summed E-state index contributed by atoms with van der Waals surface area (Å²) in [7, 11) is 1.63. The van der Waals surface area contributed by atoms with Crippen LogP contribution in [0.15, 0.2) is 12.1 Å². The average Bonchev–Trinajstić information content (AvgIpc) is 2.40. The van der Waals surface area contributed by atoms with Gasteiger partial charge >= 0.3 is 5.97 Å². The Morgan fingerprint density at radius 2 is 2.26 bits per heavy atom. The zero-order valence-corrected chi connectivity index (χ0v) is 12.1. The number of hydrogen-bond donors (Lipinski definition) is 1. The number of nitrogens with zero attached hydrogens (tertiary/aromatic N) is 2. The number of carboxylic acids is 1. The van der Waals surface area contributed by atoms with Crippen LogP contribution in [0.25, 0.3) is 0 Å². The van der Waals surface area contributed by atoms with Crippen molar-refractivity contribution in [3.05, 3.63) is 22.8 Å². The summed E-state index contributed by atoms with van der Waals surface area (Å²) >= 11 is 5.83. The van der Waals surface area contributed by atoms with Gasteiger partial charge in [-0.3, -0.25) is 0 Å². The van der Waals surface area contributed by atoms with Gasteiger partial charge in [0.25, 0.3) is 0 Å². The maximum Gasteiger partial charge on any atom is 0.356 e. The number of ether oxygens (including phenoxy) is 1. The molecule has 0 aromatic carbocycles. The summed E-state index contributed by atoms with van der Waals surface area (Å²) in [5.41, 5.74) is -0.120. The van der Waals surface area contributed by atoms with Crippen molar-refractivity contribution in [1.29, 1.82) is 0 Å². The molecule has 0 aliphatic heterocycles. The molecule has 1 aromatic heterocycles. The number of carbonyl (C=O) groups is 1. The largest absolute Gasteiger partial charge is 0.476 e. The molecule has 6 heteroatoms. The van der Waals surface area contributed by atoms with Gasteiger partial charge in [0.1, 0.15) is 5.82 Å². The van der Waals surface area contributed by atoms with E-state index in [9.17, 15) is 4.79 Å². The summed E-state index contributed by atoms with van der Waals surface area (Å²) in [6.45, 7) is 5.33. The summed E-state index contributed by atoms with van der Waals surface area (Å²) in [6.07, 6.45) is 0.927. The lowest BCUT2D eigenvalue weighted by Gasteiger charge is -2.29. The minimum Gasteiger partial charge on any atom is -0.476 e. The van der Waals surface area contributed by atoms with Crippen molar-refractivity contribution in [2.45, 2.75) is 26.3 Å². The SMILES string of the molecule is CCC(C)N(CCOC)c1ccc(Cl)c(C(=O)O)n1. The van der Waals surface area contributed by atoms with Crippen molar-refractivity contribution in [3.63, 3.8) is 0 Å². The molecule has 0 bridgehead atoms. The Hall–Kier alpha value is -1.33. The lowest BCUT2D eigenvalue weighted by Crippen LogP contribution is -2.36. The van der Waals surface area contributed by atoms with Crippen LogP contribution in [0.1, 0.15) is 30.8 Å². The van der Waals surface area contributed by atoms with Crippen molar-refractivity contribution in [2.24, 2.45) is 0 Å². The Labute approximate surface area is 118 Å². The first-order chi connectivity index (χ1) is 9.01. The highest BCUT2D eigenvalue weighted by molar-refractivity contribution is 6.33. The van der Waals surface area contributed by atoms with Gasteiger partial charge in [0.15, 0.2) is 5.69 Å². The molecule has 0 saturated carbocycles. The second-order valence-corrected chi connectivity index (χ2v) is 4.66. The molecule has 1 unspecified atom stereocenters. The lowest BCUT2D eigenvalue weighted by atomic mass is 10.2. The second-order valence-electron chi connectivity index (χ2n) is 4.25. The van der Waals surface area contributed by atoms with Crippen molar-refractivity contribution >= 4 is 23.4 Å². The van der Waals surface area contributed by atoms with Crippen molar-refractivity contribution < 1.29 is 14.6 Å². The number of methoxy groups -OCH3 is 1. The van der Waals surface area contributed by atoms with E-state index in [0.717, 1.165) is 6.42 Å². The molecule has 106 valence electrons. The third-order valence-corrected chi connectivity index (χ3v) is 3.29. The number of hydrogen-bond acceptors (Lipinski definition) is 4. The quantitative estimate of drug-likeness (QED) is 0.835. The van der Waals surface area contributed by atoms with E-state index in [-0.39, 0.29) is 16.8 Å². The Kier molecular flexibility index (Phi) is 6.05. The topological polar surface area (TPSA) is 62.7 Å². The monoisotopic (exact) mass is 286 g/mol. The standard InChI is InChI=1S/C13H19ClN2O3/c1-4-9(2)16(7-8-19-3)11-6-5-10(14)12(15-11)13(17)18/h5-6,9H,4,7-8H2,1-3H3,(H,17,18). The van der Waals surface area contributed by atoms with Crippen molar-refractivity contribution in [3.8, 4) is 0 Å². The van der Waals surface area contributed by atoms with E-state index in [2.05, 4.69) is 18.8 Å². The highest BCUT2D eigenvalue weighted by Gasteiger charge is 2.18. The van der Waals surface area contributed by atoms with Gasteiger partial charge in [0.2, 0.25) is 0 Å². The van der Waals surface area contributed by atoms with E-state index in [1.807, 2.05) is 4.90 Å². The number of anilines is 1. The number of rotatable bonds is 7. The molecule has 1 N–H and O–H groups in total. The smallest absolute Gasteiger partial charge is 0.356 e. The van der Waals surface area contributed by atoms with Crippen LogP contribution in [0.2, 0.25) is 5.02 Å². The maximum absolute atomic E-state index is 11.1. The molecule has 1 atom stereocenters. The van der Waals surface area contributed by atoms with E-state index in [1.54, 1.807) is 19.2 Å². The molecule has 0 fully saturated rings. The first-order valence-corrected chi connectivity index (χ1v) is 6.54. The first kappa shape index (κ1) is 15.7. The van der Waals surface area contributed by atoms with Crippen LogP contribution in [0.5, 0.6) is 0 Å². The third kappa shape index (κ3) is 4.08. The predicted molar refractivity (Wildman–Crippen MR) is 75.2 cm³/mol. The van der Waals surface area contributed by atoms with Crippen LogP contribution in [-0.2, 0) is 4.74 Å². The molecular formula is C13H19ClN2O3. The summed E-state index contributed by atoms with van der Waals surface area (Å²) in [4.78, 5) is 17.2. The highest BCUT2D eigenvalue weighted by Crippen LogP contribution is 2.21. The van der Waals surface area contributed by atoms with E-state index in [0.29, 0.717) is 19.0 Å². The summed E-state index contributed by atoms with van der Waals surface area (Å²) < 4.78 is 5.08. The molecule has 0 saturated heterocycles. The van der Waals surface area contributed by atoms with Gasteiger partial charge in [-0.05, 0) is 25.5 Å². The highest BCUT2D eigenvalue weighted by atomic mass is 35.5. The van der Waals surface area contributed by atoms with Crippen LogP contribution < -0.4 is 4.90 Å². The van der Waals surface area contributed by atoms with E-state index in [1.165, 1.54) is 0 Å². The number of aromatic nitrogens is 1. The number of halogens is 1. The van der Waals surface area contributed by atoms with Crippen LogP contribution in [0.3, 0.4) is 0 Å². The summed E-state index contributed by atoms with van der Waals surface area (Å²) in [5.74, 6) is -0.518. The van der Waals surface area contributed by atoms with Crippen molar-refractivity contribution in [1.82, 2.24) is 4.98 Å². The molecule has 1 heterocycles. The second kappa shape index (κ2) is 7.31. The molecule has 0 spiro atoms. The third-order valence-electron chi connectivity index (χ3n) is 2.99. The van der Waals surface area contributed by atoms with E-state index < -0.39 is 5.97 Å². The lowest BCUT2D eigenvalue weighted by molar-refractivity contribution is 0.0691. The van der Waals surface area contributed by atoms with Gasteiger partial charge < -0.3 is 14.7 Å². The van der Waals surface area contributed by atoms with Crippen LogP contribution in [0.4, 0.5) is 5.82 Å². The molecular weight excluding hydrogens is 268 g/mol. The summed E-state index contributed by atoms with van der Waals surface area (Å²) in [5, 5.41) is 9.20. The molecule has 0 radical (unpaired) electrons. The first-order valence-electron chi connectivity index (χ1n) is 6.16. The zero-order chi connectivity index (χ0) is 14.4. The summed E-state index contributed by atoms with van der Waals surface area (Å²) in [6, 6.07) is 3.54. The van der Waals surface area contributed by atoms with Crippen LogP contribution in [0, 0.1) is 0 Å². The fourth-order valence-electron chi connectivity index (χ4n) is 1.71. The molecule has 0 aliphatic carbocycles. The van der Waals surface area contributed by atoms with Gasteiger partial charge in [0, 0.05) is 19.7 Å². The fraction of sp³-hybridized carbons (Fsp3) is 0.538. The van der Waals surface area contributed by atoms with Gasteiger partial charge in [-0.1, -0.05) is 18.5 Å². The Morgan fingerprint density at radius 3 is 2.79 bits per heavy atom. The molecule has 0 aliphatic rings. The van der Waals surface area contributed by atoms with Gasteiger partial charge in [-0.15, -0.1) is 0 Å². The number of aromatic carboxylic acids is 1. The van der Waals surface area contributed by atoms with Crippen molar-refractivity contribution in [2.75, 3.05) is 25.2 Å². The predicted octanol–water partition coefficient (Wildman–Crippen LogP) is 2.68. The average molecular weight is 287 g/mol. The number of pyridine rings is 1. The molecule has 5 nitrogen and oxygen atoms in total. The van der Waals surface area contributed by atoms with Crippen LogP contribution >= 0.6 is 11.6 Å². The Balaban J connectivity index is 3.07. The Bertz CT molecular complexity index is 440. The fourth-order valence-corrected chi connectivity index (χ4v) is 1.90. The van der Waals surface area contributed by atoms with Gasteiger partial charge in [0.05, 0.1) is 11.6 Å². The number of carboxylic acid groups (broad SMARTS) is 1. The van der Waals surface area contributed by atoms with Crippen LogP contribution in [-0.4, -0.2) is 42.4 Å². The molecule has 19 heavy (non-hydrogen) atoms.